The summed E-state index contributed by atoms with van der Waals surface area (Å²) >= 11 is 0. The molecule has 0 aromatic heterocycles. The predicted octanol–water partition coefficient (Wildman–Crippen LogP) is -0.202. The van der Waals surface area contributed by atoms with Crippen LogP contribution in [0.25, 0.3) is 12.4 Å². The molecule has 0 atom stereocenters. The Morgan fingerprint density at radius 3 is 1.77 bits per heavy atom. The van der Waals surface area contributed by atoms with Crippen molar-refractivity contribution >= 4 is 12.4 Å². The van der Waals surface area contributed by atoms with Crippen molar-refractivity contribution in [2.24, 2.45) is 0 Å². The Kier molecular flexibility index (Phi) is 1.85. The maximum atomic E-state index is 5.16. The zero-order valence-electron chi connectivity index (χ0n) is 7.57. The fraction of sp³-hybridized carbons (Fsp3) is 0.200. The van der Waals surface area contributed by atoms with E-state index in [4.69, 9.17) is 9.47 Å². The van der Waals surface area contributed by atoms with Gasteiger partial charge in [0.25, 0.3) is 0 Å². The van der Waals surface area contributed by atoms with Crippen molar-refractivity contribution in [1.29, 1.82) is 0 Å². The number of hydrogen-bond acceptors (Lipinski definition) is 2. The lowest BCUT2D eigenvalue weighted by Crippen LogP contribution is -2.21. The van der Waals surface area contributed by atoms with Crippen LogP contribution in [-0.4, -0.2) is 14.2 Å². The summed E-state index contributed by atoms with van der Waals surface area (Å²) < 4.78 is 10.3. The van der Waals surface area contributed by atoms with E-state index >= 15 is 0 Å². The molecule has 1 aromatic rings. The topological polar surface area (TPSA) is 32.6 Å². The standard InChI is InChI=1S/C10H10NO2/c1-12-9-3-7-5-11-6-8(7)4-10(9)13-2/h3-6H,1-2H3. The van der Waals surface area contributed by atoms with Gasteiger partial charge in [-0.2, -0.15) is 0 Å². The quantitative estimate of drug-likeness (QED) is 0.625. The molecule has 0 aliphatic carbocycles. The third-order valence-electron chi connectivity index (χ3n) is 2.02. The Labute approximate surface area is 76.3 Å². The summed E-state index contributed by atoms with van der Waals surface area (Å²) in [5, 5.41) is 6.18. The molecule has 1 aliphatic heterocycles. The summed E-state index contributed by atoms with van der Waals surface area (Å²) in [7, 11) is 3.25. The molecule has 3 heteroatoms. The molecule has 0 bridgehead atoms. The maximum Gasteiger partial charge on any atom is 0.161 e. The smallest absolute Gasteiger partial charge is 0.161 e. The number of ether oxygens (including phenoxy) is 2. The second-order valence-electron chi connectivity index (χ2n) is 2.74. The largest absolute Gasteiger partial charge is 0.493 e. The van der Waals surface area contributed by atoms with Crippen LogP contribution in [0.1, 0.15) is 0 Å². The van der Waals surface area contributed by atoms with E-state index in [0.29, 0.717) is 0 Å². The van der Waals surface area contributed by atoms with Gasteiger partial charge in [0.15, 0.2) is 11.5 Å². The van der Waals surface area contributed by atoms with Gasteiger partial charge >= 0.3 is 0 Å². The van der Waals surface area contributed by atoms with E-state index in [2.05, 4.69) is 5.32 Å². The van der Waals surface area contributed by atoms with Crippen LogP contribution in [0.5, 0.6) is 11.5 Å². The van der Waals surface area contributed by atoms with Crippen LogP contribution < -0.4 is 25.2 Å². The predicted molar refractivity (Wildman–Crippen MR) is 49.9 cm³/mol. The third kappa shape index (κ3) is 1.22. The Morgan fingerprint density at radius 2 is 1.38 bits per heavy atom. The third-order valence-corrected chi connectivity index (χ3v) is 2.02. The molecule has 3 nitrogen and oxygen atoms in total. The second kappa shape index (κ2) is 3.01. The number of fused-ring (bicyclic) bond motifs is 1. The normalized spacial score (nSPS) is 12.2. The van der Waals surface area contributed by atoms with Gasteiger partial charge in [-0.05, 0) is 12.1 Å². The highest BCUT2D eigenvalue weighted by Crippen LogP contribution is 2.21. The van der Waals surface area contributed by atoms with E-state index in [1.54, 1.807) is 26.6 Å². The van der Waals surface area contributed by atoms with Gasteiger partial charge in [0, 0.05) is 22.8 Å². The highest BCUT2D eigenvalue weighted by molar-refractivity contribution is 5.50. The van der Waals surface area contributed by atoms with Crippen molar-refractivity contribution in [3.8, 4) is 11.5 Å². The first-order chi connectivity index (χ1) is 6.35. The minimum atomic E-state index is 0.739. The molecule has 0 fully saturated rings. The fourth-order valence-corrected chi connectivity index (χ4v) is 1.33. The lowest BCUT2D eigenvalue weighted by atomic mass is 10.2. The van der Waals surface area contributed by atoms with Gasteiger partial charge in [0.05, 0.1) is 14.2 Å². The van der Waals surface area contributed by atoms with Gasteiger partial charge < -0.3 is 9.47 Å². The van der Waals surface area contributed by atoms with Crippen molar-refractivity contribution in [3.63, 3.8) is 0 Å². The summed E-state index contributed by atoms with van der Waals surface area (Å²) in [5.41, 5.74) is 0. The van der Waals surface area contributed by atoms with E-state index in [9.17, 15) is 0 Å². The molecule has 1 aliphatic rings. The summed E-state index contributed by atoms with van der Waals surface area (Å²) in [4.78, 5) is 0. The van der Waals surface area contributed by atoms with E-state index in [1.165, 1.54) is 0 Å². The Hall–Kier alpha value is -1.64. The van der Waals surface area contributed by atoms with E-state index in [1.807, 2.05) is 12.1 Å². The molecule has 67 valence electrons. The minimum Gasteiger partial charge on any atom is -0.493 e. The molecule has 1 radical (unpaired) electrons. The van der Waals surface area contributed by atoms with Crippen LogP contribution in [0, 0.1) is 0 Å². The number of nitrogens with zero attached hydrogens (tertiary/aromatic N) is 1. The molecular weight excluding hydrogens is 166 g/mol. The number of benzene rings is 1. The van der Waals surface area contributed by atoms with Gasteiger partial charge in [0.1, 0.15) is 0 Å². The van der Waals surface area contributed by atoms with Crippen LogP contribution in [0.15, 0.2) is 12.1 Å². The SMILES string of the molecule is COc1cc2c(cc1OC)=C[N]C=2. The molecule has 13 heavy (non-hydrogen) atoms. The van der Waals surface area contributed by atoms with Crippen LogP contribution in [0.4, 0.5) is 0 Å². The lowest BCUT2D eigenvalue weighted by molar-refractivity contribution is 0.354. The van der Waals surface area contributed by atoms with Gasteiger partial charge in [-0.15, -0.1) is 0 Å². The van der Waals surface area contributed by atoms with Gasteiger partial charge in [-0.3, -0.25) is 5.32 Å². The lowest BCUT2D eigenvalue weighted by Gasteiger charge is -2.05. The summed E-state index contributed by atoms with van der Waals surface area (Å²) in [5.74, 6) is 1.48. The monoisotopic (exact) mass is 176 g/mol. The molecule has 2 rings (SSSR count). The Morgan fingerprint density at radius 1 is 0.923 bits per heavy atom. The zero-order chi connectivity index (χ0) is 9.26. The first-order valence-electron chi connectivity index (χ1n) is 3.97. The zero-order valence-corrected chi connectivity index (χ0v) is 7.57. The summed E-state index contributed by atoms with van der Waals surface area (Å²) in [6.45, 7) is 0. The first kappa shape index (κ1) is 7.98. The molecule has 0 unspecified atom stereocenters. The van der Waals surface area contributed by atoms with E-state index in [-0.39, 0.29) is 0 Å². The first-order valence-corrected chi connectivity index (χ1v) is 3.97. The van der Waals surface area contributed by atoms with Crippen molar-refractivity contribution in [2.45, 2.75) is 0 Å². The fourth-order valence-electron chi connectivity index (χ4n) is 1.33. The molecule has 0 spiro atoms. The van der Waals surface area contributed by atoms with Gasteiger partial charge in [0.2, 0.25) is 0 Å². The van der Waals surface area contributed by atoms with Crippen molar-refractivity contribution in [3.05, 3.63) is 22.6 Å². The van der Waals surface area contributed by atoms with Crippen LogP contribution in [0.2, 0.25) is 0 Å². The number of methoxy groups -OCH3 is 2. The van der Waals surface area contributed by atoms with Gasteiger partial charge in [-0.1, -0.05) is 0 Å². The maximum absolute atomic E-state index is 5.16. The number of rotatable bonds is 2. The van der Waals surface area contributed by atoms with Crippen molar-refractivity contribution in [1.82, 2.24) is 5.32 Å². The second-order valence-corrected chi connectivity index (χ2v) is 2.74. The highest BCUT2D eigenvalue weighted by atomic mass is 16.5. The van der Waals surface area contributed by atoms with E-state index in [0.717, 1.165) is 21.9 Å². The average molecular weight is 176 g/mol. The molecule has 1 aromatic carbocycles. The number of hydrogen-bond donors (Lipinski definition) is 0. The molecule has 0 N–H and O–H groups in total. The molecule has 0 amide bonds. The molecule has 1 heterocycles. The average Bonchev–Trinajstić information content (AvgIpc) is 2.62. The van der Waals surface area contributed by atoms with Crippen LogP contribution >= 0.6 is 0 Å². The Balaban J connectivity index is 2.68. The van der Waals surface area contributed by atoms with E-state index < -0.39 is 0 Å². The van der Waals surface area contributed by atoms with Crippen molar-refractivity contribution in [2.75, 3.05) is 14.2 Å². The summed E-state index contributed by atoms with van der Waals surface area (Å²) in [6.07, 6.45) is 3.61. The highest BCUT2D eigenvalue weighted by Gasteiger charge is 2.04. The Bertz CT molecular complexity index is 396. The molecule has 0 saturated heterocycles. The van der Waals surface area contributed by atoms with Crippen LogP contribution in [-0.2, 0) is 0 Å². The summed E-state index contributed by atoms with van der Waals surface area (Å²) in [6, 6.07) is 3.84. The van der Waals surface area contributed by atoms with Crippen LogP contribution in [0.3, 0.4) is 0 Å². The molecule has 0 saturated carbocycles. The molecular formula is C10H10NO2. The minimum absolute atomic E-state index is 0.739. The van der Waals surface area contributed by atoms with Gasteiger partial charge in [-0.25, -0.2) is 0 Å². The van der Waals surface area contributed by atoms with Crippen molar-refractivity contribution < 1.29 is 9.47 Å².